The Morgan fingerprint density at radius 1 is 1.00 bits per heavy atom. The summed E-state index contributed by atoms with van der Waals surface area (Å²) < 4.78 is 5.54. The molecule has 0 aliphatic rings. The van der Waals surface area contributed by atoms with Crippen LogP contribution in [0.25, 0.3) is 16.8 Å². The van der Waals surface area contributed by atoms with Crippen molar-refractivity contribution < 1.29 is 9.53 Å². The number of fused-ring (bicyclic) bond motifs is 1. The highest BCUT2D eigenvalue weighted by molar-refractivity contribution is 5.97. The maximum atomic E-state index is 11.9. The van der Waals surface area contributed by atoms with Crippen LogP contribution in [0.15, 0.2) is 84.0 Å². The van der Waals surface area contributed by atoms with Crippen molar-refractivity contribution in [2.45, 2.75) is 6.92 Å². The third kappa shape index (κ3) is 5.05. The largest absolute Gasteiger partial charge is 0.484 e. The van der Waals surface area contributed by atoms with Crippen LogP contribution in [-0.2, 0) is 4.79 Å². The number of carbonyl (C=O) groups is 1. The molecular weight excluding hydrogens is 324 g/mol. The molecule has 0 saturated heterocycles. The van der Waals surface area contributed by atoms with Crippen LogP contribution in [0.2, 0.25) is 0 Å². The fraction of sp³-hybridized carbons (Fsp3) is 0.0909. The summed E-state index contributed by atoms with van der Waals surface area (Å²) in [5, 5.41) is 6.26. The van der Waals surface area contributed by atoms with Gasteiger partial charge < -0.3 is 4.74 Å². The second-order valence-corrected chi connectivity index (χ2v) is 5.83. The zero-order chi connectivity index (χ0) is 18.2. The van der Waals surface area contributed by atoms with Crippen LogP contribution in [0.5, 0.6) is 5.75 Å². The first-order valence-corrected chi connectivity index (χ1v) is 8.38. The van der Waals surface area contributed by atoms with Gasteiger partial charge in [0.05, 0.1) is 5.71 Å². The van der Waals surface area contributed by atoms with E-state index in [4.69, 9.17) is 4.74 Å². The Bertz CT molecular complexity index is 947. The molecule has 4 heteroatoms. The zero-order valence-electron chi connectivity index (χ0n) is 14.6. The van der Waals surface area contributed by atoms with E-state index in [0.29, 0.717) is 11.5 Å². The standard InChI is InChI=1S/C22H20N2O2/c1-17(11-12-18-7-3-2-4-8-18)23-24-22(25)16-26-21-14-13-19-9-5-6-10-20(19)15-21/h2-15H,16H2,1H3,(H,24,25)/b12-11-,23-17-. The number of hydrogen-bond acceptors (Lipinski definition) is 3. The zero-order valence-corrected chi connectivity index (χ0v) is 14.6. The molecule has 0 unspecified atom stereocenters. The molecule has 1 amide bonds. The van der Waals surface area contributed by atoms with Gasteiger partial charge in [0.1, 0.15) is 5.75 Å². The summed E-state index contributed by atoms with van der Waals surface area (Å²) in [5.41, 5.74) is 4.28. The van der Waals surface area contributed by atoms with E-state index < -0.39 is 0 Å². The maximum Gasteiger partial charge on any atom is 0.277 e. The monoisotopic (exact) mass is 344 g/mol. The van der Waals surface area contributed by atoms with Crippen molar-refractivity contribution in [2.75, 3.05) is 6.61 Å². The SMILES string of the molecule is CC(/C=C\c1ccccc1)=N/NC(=O)COc1ccc2ccccc2c1. The number of rotatable bonds is 6. The van der Waals surface area contributed by atoms with Gasteiger partial charge in [-0.3, -0.25) is 4.79 Å². The van der Waals surface area contributed by atoms with E-state index in [9.17, 15) is 4.79 Å². The highest BCUT2D eigenvalue weighted by Crippen LogP contribution is 2.20. The van der Waals surface area contributed by atoms with Crippen LogP contribution in [0.1, 0.15) is 12.5 Å². The fourth-order valence-corrected chi connectivity index (χ4v) is 2.41. The number of allylic oxidation sites excluding steroid dienone is 1. The van der Waals surface area contributed by atoms with Crippen molar-refractivity contribution in [1.82, 2.24) is 5.43 Å². The Morgan fingerprint density at radius 2 is 1.73 bits per heavy atom. The van der Waals surface area contributed by atoms with Crippen molar-refractivity contribution in [3.05, 3.63) is 84.4 Å². The second-order valence-electron chi connectivity index (χ2n) is 5.83. The maximum absolute atomic E-state index is 11.9. The minimum Gasteiger partial charge on any atom is -0.484 e. The van der Waals surface area contributed by atoms with Gasteiger partial charge in [-0.1, -0.05) is 66.7 Å². The van der Waals surface area contributed by atoms with Gasteiger partial charge in [0.15, 0.2) is 6.61 Å². The van der Waals surface area contributed by atoms with Crippen molar-refractivity contribution in [3.8, 4) is 5.75 Å². The van der Waals surface area contributed by atoms with Gasteiger partial charge in [-0.25, -0.2) is 5.43 Å². The fourth-order valence-electron chi connectivity index (χ4n) is 2.41. The molecule has 0 saturated carbocycles. The number of benzene rings is 3. The van der Waals surface area contributed by atoms with E-state index in [2.05, 4.69) is 10.5 Å². The first-order chi connectivity index (χ1) is 12.7. The number of amides is 1. The third-order valence-corrected chi connectivity index (χ3v) is 3.76. The average Bonchev–Trinajstić information content (AvgIpc) is 2.69. The van der Waals surface area contributed by atoms with Crippen molar-refractivity contribution in [1.29, 1.82) is 0 Å². The predicted octanol–water partition coefficient (Wildman–Crippen LogP) is 4.42. The molecule has 0 fully saturated rings. The summed E-state index contributed by atoms with van der Waals surface area (Å²) in [5.74, 6) is 0.356. The summed E-state index contributed by atoms with van der Waals surface area (Å²) in [4.78, 5) is 11.9. The van der Waals surface area contributed by atoms with E-state index in [1.807, 2.05) is 91.9 Å². The van der Waals surface area contributed by atoms with Crippen LogP contribution >= 0.6 is 0 Å². The number of nitrogens with one attached hydrogen (secondary N) is 1. The van der Waals surface area contributed by atoms with Gasteiger partial charge in [0, 0.05) is 0 Å². The van der Waals surface area contributed by atoms with Crippen LogP contribution in [-0.4, -0.2) is 18.2 Å². The lowest BCUT2D eigenvalue weighted by Gasteiger charge is -2.06. The third-order valence-electron chi connectivity index (χ3n) is 3.76. The van der Waals surface area contributed by atoms with E-state index in [1.54, 1.807) is 0 Å². The summed E-state index contributed by atoms with van der Waals surface area (Å²) in [7, 11) is 0. The molecule has 0 heterocycles. The first kappa shape index (κ1) is 17.4. The molecule has 4 nitrogen and oxygen atoms in total. The number of hydrogen-bond donors (Lipinski definition) is 1. The van der Waals surface area contributed by atoms with E-state index >= 15 is 0 Å². The quantitative estimate of drug-likeness (QED) is 0.531. The van der Waals surface area contributed by atoms with Crippen LogP contribution in [0.3, 0.4) is 0 Å². The lowest BCUT2D eigenvalue weighted by molar-refractivity contribution is -0.123. The molecule has 0 aliphatic heterocycles. The van der Waals surface area contributed by atoms with Crippen LogP contribution in [0.4, 0.5) is 0 Å². The number of carbonyl (C=O) groups excluding carboxylic acids is 1. The Hall–Kier alpha value is -3.40. The minimum absolute atomic E-state index is 0.0858. The lowest BCUT2D eigenvalue weighted by atomic mass is 10.1. The number of nitrogens with zero attached hydrogens (tertiary/aromatic N) is 1. The second kappa shape index (κ2) is 8.62. The van der Waals surface area contributed by atoms with Gasteiger partial charge in [0.25, 0.3) is 5.91 Å². The molecular formula is C22H20N2O2. The van der Waals surface area contributed by atoms with E-state index in [1.165, 1.54) is 0 Å². The molecule has 130 valence electrons. The lowest BCUT2D eigenvalue weighted by Crippen LogP contribution is -2.25. The van der Waals surface area contributed by atoms with Gasteiger partial charge in [0.2, 0.25) is 0 Å². The van der Waals surface area contributed by atoms with Gasteiger partial charge in [-0.15, -0.1) is 0 Å². The van der Waals surface area contributed by atoms with Crippen molar-refractivity contribution in [3.63, 3.8) is 0 Å². The Kier molecular flexibility index (Phi) is 5.78. The van der Waals surface area contributed by atoms with Crippen LogP contribution < -0.4 is 10.2 Å². The average molecular weight is 344 g/mol. The molecule has 0 spiro atoms. The number of ether oxygens (including phenoxy) is 1. The molecule has 3 aromatic rings. The normalized spacial score (nSPS) is 11.7. The molecule has 0 aromatic heterocycles. The summed E-state index contributed by atoms with van der Waals surface area (Å²) in [6.07, 6.45) is 3.79. The summed E-state index contributed by atoms with van der Waals surface area (Å²) >= 11 is 0. The van der Waals surface area contributed by atoms with Crippen LogP contribution in [0, 0.1) is 0 Å². The molecule has 1 N–H and O–H groups in total. The summed E-state index contributed by atoms with van der Waals surface area (Å²) in [6.45, 7) is 1.74. The van der Waals surface area contributed by atoms with E-state index in [-0.39, 0.29) is 12.5 Å². The molecule has 0 bridgehead atoms. The van der Waals surface area contributed by atoms with E-state index in [0.717, 1.165) is 16.3 Å². The smallest absolute Gasteiger partial charge is 0.277 e. The Morgan fingerprint density at radius 3 is 2.54 bits per heavy atom. The predicted molar refractivity (Wildman–Crippen MR) is 106 cm³/mol. The molecule has 3 aromatic carbocycles. The number of hydrazone groups is 1. The molecule has 0 radical (unpaired) electrons. The Labute approximate surface area is 152 Å². The van der Waals surface area contributed by atoms with Crippen molar-refractivity contribution >= 4 is 28.5 Å². The molecule has 26 heavy (non-hydrogen) atoms. The highest BCUT2D eigenvalue weighted by Gasteiger charge is 2.02. The van der Waals surface area contributed by atoms with Gasteiger partial charge in [-0.05, 0) is 41.5 Å². The van der Waals surface area contributed by atoms with Gasteiger partial charge in [-0.2, -0.15) is 5.10 Å². The molecule has 0 aliphatic carbocycles. The topological polar surface area (TPSA) is 50.7 Å². The van der Waals surface area contributed by atoms with Gasteiger partial charge >= 0.3 is 0 Å². The first-order valence-electron chi connectivity index (χ1n) is 8.38. The molecule has 3 rings (SSSR count). The minimum atomic E-state index is -0.300. The summed E-state index contributed by atoms with van der Waals surface area (Å²) in [6, 6.07) is 23.7. The van der Waals surface area contributed by atoms with Crippen molar-refractivity contribution in [2.24, 2.45) is 5.10 Å². The Balaban J connectivity index is 1.50. The highest BCUT2D eigenvalue weighted by atomic mass is 16.5. The molecule has 0 atom stereocenters.